The van der Waals surface area contributed by atoms with Crippen LogP contribution in [0.3, 0.4) is 0 Å². The molecule has 0 spiro atoms. The van der Waals surface area contributed by atoms with Crippen LogP contribution in [0.15, 0.2) is 79.1 Å². The van der Waals surface area contributed by atoms with Gasteiger partial charge >= 0.3 is 0 Å². The Balaban J connectivity index is 1.53. The van der Waals surface area contributed by atoms with E-state index < -0.39 is 0 Å². The Labute approximate surface area is 179 Å². The summed E-state index contributed by atoms with van der Waals surface area (Å²) in [6.07, 6.45) is 3.12. The maximum Gasteiger partial charge on any atom is 0.259 e. The summed E-state index contributed by atoms with van der Waals surface area (Å²) in [5, 5.41) is 10.3. The lowest BCUT2D eigenvalue weighted by molar-refractivity contribution is 0.101. The van der Waals surface area contributed by atoms with Crippen molar-refractivity contribution in [1.82, 2.24) is 14.8 Å². The first-order valence-corrected chi connectivity index (χ1v) is 9.77. The van der Waals surface area contributed by atoms with Crippen LogP contribution in [-0.2, 0) is 0 Å². The highest BCUT2D eigenvalue weighted by molar-refractivity contribution is 6.07. The number of carbonyl (C=O) groups excluding carboxylic acids is 2. The Morgan fingerprint density at radius 1 is 0.806 bits per heavy atom. The number of pyridine rings is 1. The minimum absolute atomic E-state index is 0.248. The summed E-state index contributed by atoms with van der Waals surface area (Å²) >= 11 is 0. The molecule has 2 aromatic heterocycles. The molecule has 7 heteroatoms. The lowest BCUT2D eigenvalue weighted by Crippen LogP contribution is -2.15. The fraction of sp³-hybridized carbons (Fsp3) is 0.0833. The van der Waals surface area contributed by atoms with E-state index in [-0.39, 0.29) is 11.8 Å². The van der Waals surface area contributed by atoms with E-state index in [1.807, 2.05) is 44.2 Å². The van der Waals surface area contributed by atoms with Crippen LogP contribution in [0.4, 0.5) is 11.4 Å². The Hall–Kier alpha value is -4.26. The van der Waals surface area contributed by atoms with Crippen LogP contribution >= 0.6 is 0 Å². The fourth-order valence-corrected chi connectivity index (χ4v) is 3.37. The molecule has 0 unspecified atom stereocenters. The van der Waals surface area contributed by atoms with E-state index in [1.54, 1.807) is 53.5 Å². The molecule has 0 atom stereocenters. The highest BCUT2D eigenvalue weighted by Gasteiger charge is 2.19. The average molecular weight is 411 g/mol. The van der Waals surface area contributed by atoms with Crippen molar-refractivity contribution in [2.45, 2.75) is 13.8 Å². The number of hydrogen-bond acceptors (Lipinski definition) is 4. The van der Waals surface area contributed by atoms with Gasteiger partial charge in [0.25, 0.3) is 11.8 Å². The van der Waals surface area contributed by atoms with Crippen molar-refractivity contribution < 1.29 is 9.59 Å². The predicted molar refractivity (Wildman–Crippen MR) is 120 cm³/mol. The molecule has 0 saturated heterocycles. The number of rotatable bonds is 5. The van der Waals surface area contributed by atoms with Crippen LogP contribution in [-0.4, -0.2) is 26.6 Å². The Morgan fingerprint density at radius 3 is 2.13 bits per heavy atom. The molecule has 2 amide bonds. The first kappa shape index (κ1) is 20.0. The van der Waals surface area contributed by atoms with Crippen LogP contribution in [0, 0.1) is 13.8 Å². The van der Waals surface area contributed by atoms with Gasteiger partial charge in [-0.1, -0.05) is 24.3 Å². The summed E-state index contributed by atoms with van der Waals surface area (Å²) in [5.41, 5.74) is 4.46. The fourth-order valence-electron chi connectivity index (χ4n) is 3.37. The summed E-state index contributed by atoms with van der Waals surface area (Å²) < 4.78 is 1.76. The molecule has 0 aliphatic rings. The predicted octanol–water partition coefficient (Wildman–Crippen LogP) is 4.39. The number of hydrogen-bond donors (Lipinski definition) is 2. The third-order valence-corrected chi connectivity index (χ3v) is 4.84. The van der Waals surface area contributed by atoms with Crippen LogP contribution in [0.2, 0.25) is 0 Å². The zero-order valence-electron chi connectivity index (χ0n) is 17.2. The van der Waals surface area contributed by atoms with Crippen LogP contribution in [0.5, 0.6) is 0 Å². The van der Waals surface area contributed by atoms with Gasteiger partial charge in [0, 0.05) is 29.3 Å². The number of nitrogens with one attached hydrogen (secondary N) is 2. The topological polar surface area (TPSA) is 88.9 Å². The first-order valence-electron chi connectivity index (χ1n) is 9.77. The number of anilines is 2. The van der Waals surface area contributed by atoms with E-state index in [1.165, 1.54) is 0 Å². The normalized spacial score (nSPS) is 10.5. The van der Waals surface area contributed by atoms with Gasteiger partial charge in [0.05, 0.1) is 22.6 Å². The quantitative estimate of drug-likeness (QED) is 0.510. The molecule has 0 bridgehead atoms. The largest absolute Gasteiger partial charge is 0.322 e. The highest BCUT2D eigenvalue weighted by Crippen LogP contribution is 2.21. The van der Waals surface area contributed by atoms with E-state index in [4.69, 9.17) is 0 Å². The Morgan fingerprint density at radius 2 is 1.45 bits per heavy atom. The van der Waals surface area contributed by atoms with Gasteiger partial charge in [-0.25, -0.2) is 4.68 Å². The van der Waals surface area contributed by atoms with E-state index >= 15 is 0 Å². The molecule has 31 heavy (non-hydrogen) atoms. The van der Waals surface area contributed by atoms with Crippen molar-refractivity contribution in [3.63, 3.8) is 0 Å². The first-order chi connectivity index (χ1) is 15.0. The van der Waals surface area contributed by atoms with Crippen molar-refractivity contribution in [2.24, 2.45) is 0 Å². The van der Waals surface area contributed by atoms with E-state index in [0.717, 1.165) is 11.4 Å². The van der Waals surface area contributed by atoms with E-state index in [9.17, 15) is 9.59 Å². The maximum absolute atomic E-state index is 13.0. The standard InChI is InChI=1S/C24H21N5O2/c1-16-22(17(2)29(28-16)21-9-4-3-5-10-21)24(31)27-20-8-6-7-19(15-20)26-23(30)18-11-13-25-14-12-18/h3-15H,1-2H3,(H,26,30)(H,27,31). The van der Waals surface area contributed by atoms with Crippen molar-refractivity contribution in [1.29, 1.82) is 0 Å². The molecule has 0 saturated carbocycles. The maximum atomic E-state index is 13.0. The van der Waals surface area contributed by atoms with Gasteiger partial charge in [-0.2, -0.15) is 5.10 Å². The summed E-state index contributed by atoms with van der Waals surface area (Å²) in [7, 11) is 0. The molecule has 0 radical (unpaired) electrons. The molecular formula is C24H21N5O2. The van der Waals surface area contributed by atoms with Gasteiger partial charge in [0.1, 0.15) is 0 Å². The van der Waals surface area contributed by atoms with Gasteiger partial charge in [0.2, 0.25) is 0 Å². The van der Waals surface area contributed by atoms with Crippen molar-refractivity contribution in [3.05, 3.63) is 102 Å². The van der Waals surface area contributed by atoms with Gasteiger partial charge in [0.15, 0.2) is 0 Å². The van der Waals surface area contributed by atoms with Crippen LogP contribution in [0.1, 0.15) is 32.1 Å². The number of nitrogens with zero attached hydrogens (tertiary/aromatic N) is 3. The lowest BCUT2D eigenvalue weighted by Gasteiger charge is -2.09. The second-order valence-corrected chi connectivity index (χ2v) is 7.02. The monoisotopic (exact) mass is 411 g/mol. The molecule has 4 rings (SSSR count). The van der Waals surface area contributed by atoms with Gasteiger partial charge in [-0.3, -0.25) is 14.6 Å². The number of benzene rings is 2. The van der Waals surface area contributed by atoms with Crippen LogP contribution < -0.4 is 10.6 Å². The molecule has 4 aromatic rings. The minimum Gasteiger partial charge on any atom is -0.322 e. The molecule has 0 aliphatic carbocycles. The lowest BCUT2D eigenvalue weighted by atomic mass is 10.1. The van der Waals surface area contributed by atoms with Crippen molar-refractivity contribution in [3.8, 4) is 5.69 Å². The third-order valence-electron chi connectivity index (χ3n) is 4.84. The molecule has 154 valence electrons. The average Bonchev–Trinajstić information content (AvgIpc) is 3.09. The molecule has 2 N–H and O–H groups in total. The smallest absolute Gasteiger partial charge is 0.259 e. The zero-order chi connectivity index (χ0) is 21.8. The summed E-state index contributed by atoms with van der Waals surface area (Å²) in [5.74, 6) is -0.503. The molecule has 0 aliphatic heterocycles. The minimum atomic E-state index is -0.255. The third kappa shape index (κ3) is 4.35. The number of aromatic nitrogens is 3. The highest BCUT2D eigenvalue weighted by atomic mass is 16.2. The molecule has 2 heterocycles. The summed E-state index contributed by atoms with van der Waals surface area (Å²) in [6, 6.07) is 20.0. The zero-order valence-corrected chi connectivity index (χ0v) is 17.2. The SMILES string of the molecule is Cc1nn(-c2ccccc2)c(C)c1C(=O)Nc1cccc(NC(=O)c2ccncc2)c1. The Bertz CT molecular complexity index is 1230. The van der Waals surface area contributed by atoms with Crippen molar-refractivity contribution >= 4 is 23.2 Å². The second-order valence-electron chi connectivity index (χ2n) is 7.02. The number of aryl methyl sites for hydroxylation is 1. The van der Waals surface area contributed by atoms with Gasteiger partial charge < -0.3 is 10.6 Å². The number of amides is 2. The number of carbonyl (C=O) groups is 2. The summed E-state index contributed by atoms with van der Waals surface area (Å²) in [6.45, 7) is 3.68. The van der Waals surface area contributed by atoms with Crippen LogP contribution in [0.25, 0.3) is 5.69 Å². The molecule has 0 fully saturated rings. The van der Waals surface area contributed by atoms with Crippen molar-refractivity contribution in [2.75, 3.05) is 10.6 Å². The molecule has 7 nitrogen and oxygen atoms in total. The van der Waals surface area contributed by atoms with E-state index in [2.05, 4.69) is 20.7 Å². The molecule has 2 aromatic carbocycles. The van der Waals surface area contributed by atoms with Gasteiger partial charge in [-0.05, 0) is 56.3 Å². The molecular weight excluding hydrogens is 390 g/mol. The van der Waals surface area contributed by atoms with E-state index in [0.29, 0.717) is 28.2 Å². The van der Waals surface area contributed by atoms with Gasteiger partial charge in [-0.15, -0.1) is 0 Å². The summed E-state index contributed by atoms with van der Waals surface area (Å²) in [4.78, 5) is 29.3. The number of para-hydroxylation sites is 1. The second kappa shape index (κ2) is 8.62. The Kier molecular flexibility index (Phi) is 5.57.